The number of rotatable bonds is 9. The molecule has 0 fully saturated rings. The van der Waals surface area contributed by atoms with E-state index in [1.807, 2.05) is 6.92 Å². The molecule has 1 atom stereocenters. The smallest absolute Gasteiger partial charge is 0.415 e. The lowest BCUT2D eigenvalue weighted by molar-refractivity contribution is 0.168. The van der Waals surface area contributed by atoms with Gasteiger partial charge in [-0.2, -0.15) is 0 Å². The lowest BCUT2D eigenvalue weighted by Gasteiger charge is -2.08. The van der Waals surface area contributed by atoms with Crippen molar-refractivity contribution in [3.8, 4) is 11.8 Å². The second-order valence-electron chi connectivity index (χ2n) is 5.66. The number of hydrogen-bond donors (Lipinski definition) is 2. The number of hydrogen-bond acceptors (Lipinski definition) is 8. The van der Waals surface area contributed by atoms with Gasteiger partial charge in [0.15, 0.2) is 0 Å². The van der Waals surface area contributed by atoms with Crippen molar-refractivity contribution in [2.75, 3.05) is 6.61 Å². The van der Waals surface area contributed by atoms with E-state index in [1.54, 1.807) is 6.92 Å². The summed E-state index contributed by atoms with van der Waals surface area (Å²) in [6.45, 7) is 5.60. The number of nitrogens with zero attached hydrogens (tertiary/aromatic N) is 2. The van der Waals surface area contributed by atoms with Crippen molar-refractivity contribution in [2.24, 2.45) is 0 Å². The molecule has 0 radical (unpaired) electrons. The Hall–Kier alpha value is -2.55. The number of aryl methyl sites for hydroxylation is 2. The maximum absolute atomic E-state index is 11.5. The minimum atomic E-state index is -0.749. The van der Waals surface area contributed by atoms with E-state index in [1.165, 1.54) is 6.07 Å². The molecule has 0 aliphatic heterocycles. The fraction of sp³-hybridized carbons (Fsp3) is 0.562. The Morgan fingerprint density at radius 3 is 2.92 bits per heavy atom. The van der Waals surface area contributed by atoms with E-state index >= 15 is 0 Å². The van der Waals surface area contributed by atoms with E-state index in [-0.39, 0.29) is 25.0 Å². The lowest BCUT2D eigenvalue weighted by atomic mass is 10.1. The van der Waals surface area contributed by atoms with Gasteiger partial charge in [-0.15, -0.1) is 0 Å². The highest BCUT2D eigenvalue weighted by Crippen LogP contribution is 2.22. The maximum Gasteiger partial charge on any atom is 0.415 e. The predicted molar refractivity (Wildman–Crippen MR) is 86.4 cm³/mol. The van der Waals surface area contributed by atoms with Crippen LogP contribution >= 0.6 is 0 Å². The molecule has 9 nitrogen and oxygen atoms in total. The molecular weight excluding hydrogens is 330 g/mol. The van der Waals surface area contributed by atoms with Crippen LogP contribution < -0.4 is 14.8 Å². The van der Waals surface area contributed by atoms with Crippen molar-refractivity contribution >= 4 is 6.09 Å². The van der Waals surface area contributed by atoms with E-state index < -0.39 is 12.1 Å². The van der Waals surface area contributed by atoms with Crippen LogP contribution in [0.2, 0.25) is 0 Å². The molecule has 0 unspecified atom stereocenters. The minimum absolute atomic E-state index is 0.106. The Kier molecular flexibility index (Phi) is 6.81. The molecule has 2 rings (SSSR count). The molecule has 0 aliphatic rings. The minimum Gasteiger partial charge on any atom is -0.470 e. The van der Waals surface area contributed by atoms with Gasteiger partial charge in [0.25, 0.3) is 5.88 Å². The van der Waals surface area contributed by atoms with Gasteiger partial charge in [-0.05, 0) is 31.8 Å². The van der Waals surface area contributed by atoms with Crippen molar-refractivity contribution in [1.29, 1.82) is 0 Å². The number of carbonyl (C=O) groups is 1. The van der Waals surface area contributed by atoms with Crippen molar-refractivity contribution in [3.63, 3.8) is 0 Å². The van der Waals surface area contributed by atoms with Gasteiger partial charge in [-0.25, -0.2) is 4.79 Å². The molecule has 25 heavy (non-hydrogen) atoms. The molecule has 2 heterocycles. The van der Waals surface area contributed by atoms with E-state index in [0.717, 1.165) is 30.5 Å². The van der Waals surface area contributed by atoms with Gasteiger partial charge in [0.1, 0.15) is 12.4 Å². The van der Waals surface area contributed by atoms with Crippen LogP contribution in [-0.4, -0.2) is 34.2 Å². The normalized spacial score (nSPS) is 12.0. The van der Waals surface area contributed by atoms with Crippen LogP contribution in [0.3, 0.4) is 0 Å². The van der Waals surface area contributed by atoms with Crippen molar-refractivity contribution in [1.82, 2.24) is 15.6 Å². The molecule has 0 saturated carbocycles. The number of unbranched alkanes of at least 4 members (excludes halogenated alkanes) is 1. The van der Waals surface area contributed by atoms with Gasteiger partial charge in [0.2, 0.25) is 0 Å². The summed E-state index contributed by atoms with van der Waals surface area (Å²) in [4.78, 5) is 11.5. The van der Waals surface area contributed by atoms with Crippen molar-refractivity contribution < 1.29 is 28.4 Å². The largest absolute Gasteiger partial charge is 0.470 e. The molecule has 0 bridgehead atoms. The zero-order valence-electron chi connectivity index (χ0n) is 14.6. The number of nitrogens with one attached hydrogen (secondary N) is 1. The first-order valence-electron chi connectivity index (χ1n) is 8.16. The fourth-order valence-electron chi connectivity index (χ4n) is 2.04. The summed E-state index contributed by atoms with van der Waals surface area (Å²) in [6.07, 6.45) is 2.15. The summed E-state index contributed by atoms with van der Waals surface area (Å²) in [6, 6.07) is 0.932. The summed E-state index contributed by atoms with van der Waals surface area (Å²) in [5.74, 6) is 0.773. The molecule has 2 N–H and O–H groups in total. The lowest BCUT2D eigenvalue weighted by Crippen LogP contribution is -2.36. The van der Waals surface area contributed by atoms with E-state index in [0.29, 0.717) is 5.76 Å². The van der Waals surface area contributed by atoms with Gasteiger partial charge in [-0.1, -0.05) is 18.5 Å². The number of carbonyl (C=O) groups excluding carboxylic acids is 1. The van der Waals surface area contributed by atoms with E-state index in [9.17, 15) is 4.79 Å². The Morgan fingerprint density at radius 1 is 1.40 bits per heavy atom. The van der Waals surface area contributed by atoms with Crippen molar-refractivity contribution in [3.05, 3.63) is 23.1 Å². The molecule has 0 aliphatic carbocycles. The Bertz CT molecular complexity index is 681. The van der Waals surface area contributed by atoms with Crippen LogP contribution in [0, 0.1) is 6.92 Å². The highest BCUT2D eigenvalue weighted by molar-refractivity contribution is 5.69. The third-order valence-corrected chi connectivity index (χ3v) is 3.50. The van der Waals surface area contributed by atoms with Gasteiger partial charge < -0.3 is 28.9 Å². The maximum atomic E-state index is 11.5. The second kappa shape index (κ2) is 9.07. The third kappa shape index (κ3) is 5.49. The Morgan fingerprint density at radius 2 is 2.20 bits per heavy atom. The first-order valence-corrected chi connectivity index (χ1v) is 8.16. The molecule has 2 aromatic heterocycles. The van der Waals surface area contributed by atoms with Crippen LogP contribution in [0.15, 0.2) is 15.1 Å². The zero-order valence-corrected chi connectivity index (χ0v) is 14.6. The zero-order chi connectivity index (χ0) is 18.2. The molecular formula is C16H23N3O6. The molecule has 9 heteroatoms. The van der Waals surface area contributed by atoms with Crippen molar-refractivity contribution in [2.45, 2.75) is 52.7 Å². The van der Waals surface area contributed by atoms with Crippen LogP contribution in [0.25, 0.3) is 0 Å². The molecule has 0 spiro atoms. The van der Waals surface area contributed by atoms with E-state index in [2.05, 4.69) is 22.6 Å². The molecule has 1 amide bonds. The molecule has 0 saturated heterocycles. The number of aliphatic hydroxyl groups is 1. The standard InChI is InChI=1S/C16H23N3O6/c1-4-5-6-13-12(11(3)24-18-13)9-22-14-7-15(25-19-14)23-16(21)17-10(2)8-20/h7,10,20H,4-6,8-9H2,1-3H3,(H,17,21)/t10-/m1/s1. The highest BCUT2D eigenvalue weighted by Gasteiger charge is 2.16. The number of ether oxygens (including phenoxy) is 2. The van der Waals surface area contributed by atoms with Gasteiger partial charge in [-0.3, -0.25) is 0 Å². The first kappa shape index (κ1) is 18.8. The molecule has 138 valence electrons. The summed E-state index contributed by atoms with van der Waals surface area (Å²) < 4.78 is 20.6. The number of aliphatic hydroxyl groups excluding tert-OH is 1. The third-order valence-electron chi connectivity index (χ3n) is 3.50. The summed E-state index contributed by atoms with van der Waals surface area (Å²) in [5.41, 5.74) is 1.75. The average molecular weight is 353 g/mol. The van der Waals surface area contributed by atoms with Gasteiger partial charge in [0.05, 0.1) is 30.0 Å². The SMILES string of the molecule is CCCCc1noc(C)c1COc1cc(OC(=O)N[C@H](C)CO)on1. The number of aromatic nitrogens is 2. The average Bonchev–Trinajstić information content (AvgIpc) is 3.17. The van der Waals surface area contributed by atoms with Gasteiger partial charge in [0, 0.05) is 0 Å². The highest BCUT2D eigenvalue weighted by atomic mass is 16.7. The number of amides is 1. The summed E-state index contributed by atoms with van der Waals surface area (Å²) in [5, 5.41) is 19.0. The summed E-state index contributed by atoms with van der Waals surface area (Å²) in [7, 11) is 0. The quantitative estimate of drug-likeness (QED) is 0.705. The predicted octanol–water partition coefficient (Wildman–Crippen LogP) is 2.36. The monoisotopic (exact) mass is 353 g/mol. The molecule has 0 aromatic carbocycles. The summed E-state index contributed by atoms with van der Waals surface area (Å²) >= 11 is 0. The van der Waals surface area contributed by atoms with Crippen LogP contribution in [-0.2, 0) is 13.0 Å². The topological polar surface area (TPSA) is 120 Å². The Balaban J connectivity index is 1.89. The fourth-order valence-corrected chi connectivity index (χ4v) is 2.04. The second-order valence-corrected chi connectivity index (χ2v) is 5.66. The van der Waals surface area contributed by atoms with Gasteiger partial charge >= 0.3 is 12.0 Å². The molecule has 2 aromatic rings. The van der Waals surface area contributed by atoms with Crippen LogP contribution in [0.5, 0.6) is 11.8 Å². The van der Waals surface area contributed by atoms with E-state index in [4.69, 9.17) is 23.6 Å². The first-order chi connectivity index (χ1) is 12.0. The Labute approximate surface area is 145 Å². The van der Waals surface area contributed by atoms with Crippen LogP contribution in [0.1, 0.15) is 43.7 Å². The van der Waals surface area contributed by atoms with Crippen LogP contribution in [0.4, 0.5) is 4.79 Å².